The quantitative estimate of drug-likeness (QED) is 0.561. The molecule has 1 aliphatic carbocycles. The molecule has 1 unspecified atom stereocenters. The van der Waals surface area contributed by atoms with Crippen LogP contribution in [0.2, 0.25) is 0 Å². The summed E-state index contributed by atoms with van der Waals surface area (Å²) in [4.78, 5) is 39.3. The summed E-state index contributed by atoms with van der Waals surface area (Å²) in [5, 5.41) is 0. The molecule has 5 nitrogen and oxygen atoms in total. The number of aryl methyl sites for hydroxylation is 1. The maximum absolute atomic E-state index is 11.9. The van der Waals surface area contributed by atoms with Gasteiger partial charge in [-0.25, -0.2) is 0 Å². The van der Waals surface area contributed by atoms with E-state index in [0.717, 1.165) is 0 Å². The van der Waals surface area contributed by atoms with Crippen LogP contribution in [0.3, 0.4) is 0 Å². The third kappa shape index (κ3) is 1.73. The summed E-state index contributed by atoms with van der Waals surface area (Å²) >= 11 is 0. The number of hydrogen-bond acceptors (Lipinski definition) is 5. The molecule has 0 aromatic carbocycles. The Labute approximate surface area is 97.8 Å². The van der Waals surface area contributed by atoms with Gasteiger partial charge in [-0.05, 0) is 19.9 Å². The first-order valence-electron chi connectivity index (χ1n) is 5.28. The van der Waals surface area contributed by atoms with E-state index in [1.54, 1.807) is 13.8 Å². The van der Waals surface area contributed by atoms with Gasteiger partial charge >= 0.3 is 5.97 Å². The van der Waals surface area contributed by atoms with Crippen LogP contribution in [0.15, 0.2) is 12.3 Å². The molecule has 5 heteroatoms. The number of ether oxygens (including phenoxy) is 1. The number of pyridine rings is 1. The fourth-order valence-corrected chi connectivity index (χ4v) is 1.83. The number of rotatable bonds is 2. The Kier molecular flexibility index (Phi) is 2.75. The van der Waals surface area contributed by atoms with E-state index >= 15 is 0 Å². The normalized spacial score (nSPS) is 18.1. The Bertz CT molecular complexity index is 521. The molecule has 0 fully saturated rings. The van der Waals surface area contributed by atoms with Crippen molar-refractivity contribution in [1.82, 2.24) is 4.98 Å². The molecule has 1 aliphatic rings. The molecule has 1 aromatic rings. The second-order valence-electron chi connectivity index (χ2n) is 3.78. The highest BCUT2D eigenvalue weighted by Crippen LogP contribution is 2.27. The number of carbonyl (C=O) groups is 3. The highest BCUT2D eigenvalue weighted by molar-refractivity contribution is 6.34. The standard InChI is InChI=1S/C12H11NO4/c1-3-17-12(16)9-10(14)7-4-6(2)13-5-8(7)11(9)15/h4-5,9H,3H2,1-2H3. The molecule has 0 N–H and O–H groups in total. The maximum atomic E-state index is 11.9. The van der Waals surface area contributed by atoms with Crippen LogP contribution in [-0.2, 0) is 9.53 Å². The number of Topliss-reactive ketones (excluding diaryl/α,β-unsaturated/α-hetero) is 2. The predicted octanol–water partition coefficient (Wildman–Crippen LogP) is 0.948. The van der Waals surface area contributed by atoms with Crippen molar-refractivity contribution >= 4 is 17.5 Å². The van der Waals surface area contributed by atoms with Crippen LogP contribution >= 0.6 is 0 Å². The van der Waals surface area contributed by atoms with Crippen molar-refractivity contribution in [3.05, 3.63) is 29.1 Å². The number of carbonyl (C=O) groups excluding carboxylic acids is 3. The Morgan fingerprint density at radius 3 is 2.65 bits per heavy atom. The summed E-state index contributed by atoms with van der Waals surface area (Å²) in [6, 6.07) is 1.52. The van der Waals surface area contributed by atoms with Crippen molar-refractivity contribution in [3.63, 3.8) is 0 Å². The summed E-state index contributed by atoms with van der Waals surface area (Å²) < 4.78 is 4.73. The van der Waals surface area contributed by atoms with E-state index in [-0.39, 0.29) is 17.7 Å². The van der Waals surface area contributed by atoms with Gasteiger partial charge in [0, 0.05) is 23.0 Å². The molecule has 88 valence electrons. The molecule has 1 aromatic heterocycles. The average Bonchev–Trinajstić information content (AvgIpc) is 2.52. The Morgan fingerprint density at radius 1 is 1.35 bits per heavy atom. The molecular weight excluding hydrogens is 222 g/mol. The molecule has 0 saturated heterocycles. The summed E-state index contributed by atoms with van der Waals surface area (Å²) in [5.74, 6) is -3.13. The molecule has 0 amide bonds. The van der Waals surface area contributed by atoms with Crippen molar-refractivity contribution < 1.29 is 19.1 Å². The number of esters is 1. The number of ketones is 2. The summed E-state index contributed by atoms with van der Waals surface area (Å²) in [7, 11) is 0. The molecule has 17 heavy (non-hydrogen) atoms. The fourth-order valence-electron chi connectivity index (χ4n) is 1.83. The molecule has 0 spiro atoms. The highest BCUT2D eigenvalue weighted by Gasteiger charge is 2.44. The molecule has 0 aliphatic heterocycles. The van der Waals surface area contributed by atoms with Crippen LogP contribution in [0.5, 0.6) is 0 Å². The monoisotopic (exact) mass is 233 g/mol. The van der Waals surface area contributed by atoms with E-state index < -0.39 is 23.5 Å². The van der Waals surface area contributed by atoms with Gasteiger partial charge in [-0.3, -0.25) is 19.4 Å². The first kappa shape index (κ1) is 11.4. The number of hydrogen-bond donors (Lipinski definition) is 0. The third-order valence-corrected chi connectivity index (χ3v) is 2.62. The molecule has 0 bridgehead atoms. The topological polar surface area (TPSA) is 73.3 Å². The van der Waals surface area contributed by atoms with E-state index in [1.807, 2.05) is 0 Å². The van der Waals surface area contributed by atoms with Gasteiger partial charge < -0.3 is 4.74 Å². The largest absolute Gasteiger partial charge is 0.465 e. The minimum absolute atomic E-state index is 0.142. The van der Waals surface area contributed by atoms with E-state index in [2.05, 4.69) is 4.98 Å². The van der Waals surface area contributed by atoms with E-state index in [1.165, 1.54) is 12.3 Å². The zero-order valence-electron chi connectivity index (χ0n) is 9.52. The van der Waals surface area contributed by atoms with Crippen LogP contribution in [0, 0.1) is 12.8 Å². The summed E-state index contributed by atoms with van der Waals surface area (Å²) in [5.41, 5.74) is 1.11. The number of fused-ring (bicyclic) bond motifs is 1. The highest BCUT2D eigenvalue weighted by atomic mass is 16.5. The average molecular weight is 233 g/mol. The SMILES string of the molecule is CCOC(=O)C1C(=O)c2cnc(C)cc2C1=O. The number of nitrogens with zero attached hydrogens (tertiary/aromatic N) is 1. The van der Waals surface area contributed by atoms with Crippen LogP contribution in [-0.4, -0.2) is 29.1 Å². The van der Waals surface area contributed by atoms with Gasteiger partial charge in [0.1, 0.15) is 0 Å². The van der Waals surface area contributed by atoms with Gasteiger partial charge in [-0.2, -0.15) is 0 Å². The second-order valence-corrected chi connectivity index (χ2v) is 3.78. The molecule has 0 saturated carbocycles. The Balaban J connectivity index is 2.42. The van der Waals surface area contributed by atoms with Crippen LogP contribution in [0.25, 0.3) is 0 Å². The van der Waals surface area contributed by atoms with Gasteiger partial charge in [0.25, 0.3) is 0 Å². The smallest absolute Gasteiger partial charge is 0.324 e. The Hall–Kier alpha value is -2.04. The van der Waals surface area contributed by atoms with E-state index in [4.69, 9.17) is 4.74 Å². The lowest BCUT2D eigenvalue weighted by Gasteiger charge is -2.05. The summed E-state index contributed by atoms with van der Waals surface area (Å²) in [6.45, 7) is 3.49. The van der Waals surface area contributed by atoms with Gasteiger partial charge in [0.15, 0.2) is 17.5 Å². The molecule has 2 rings (SSSR count). The lowest BCUT2D eigenvalue weighted by atomic mass is 10.0. The lowest BCUT2D eigenvalue weighted by Crippen LogP contribution is -2.27. The van der Waals surface area contributed by atoms with Gasteiger partial charge in [0.2, 0.25) is 0 Å². The first-order chi connectivity index (χ1) is 8.06. The molecule has 1 heterocycles. The molecule has 0 radical (unpaired) electrons. The first-order valence-corrected chi connectivity index (χ1v) is 5.28. The molecule has 1 atom stereocenters. The zero-order chi connectivity index (χ0) is 12.6. The zero-order valence-corrected chi connectivity index (χ0v) is 9.52. The van der Waals surface area contributed by atoms with E-state index in [0.29, 0.717) is 5.69 Å². The van der Waals surface area contributed by atoms with Crippen LogP contribution < -0.4 is 0 Å². The van der Waals surface area contributed by atoms with Gasteiger partial charge in [-0.1, -0.05) is 0 Å². The summed E-state index contributed by atoms with van der Waals surface area (Å²) in [6.07, 6.45) is 1.34. The van der Waals surface area contributed by atoms with Crippen molar-refractivity contribution in [1.29, 1.82) is 0 Å². The third-order valence-electron chi connectivity index (χ3n) is 2.62. The minimum Gasteiger partial charge on any atom is -0.465 e. The van der Waals surface area contributed by atoms with Crippen molar-refractivity contribution in [3.8, 4) is 0 Å². The maximum Gasteiger partial charge on any atom is 0.324 e. The van der Waals surface area contributed by atoms with E-state index in [9.17, 15) is 14.4 Å². The van der Waals surface area contributed by atoms with Crippen molar-refractivity contribution in [2.75, 3.05) is 6.61 Å². The number of aromatic nitrogens is 1. The lowest BCUT2D eigenvalue weighted by molar-refractivity contribution is -0.144. The van der Waals surface area contributed by atoms with Gasteiger partial charge in [-0.15, -0.1) is 0 Å². The molecular formula is C12H11NO4. The van der Waals surface area contributed by atoms with Gasteiger partial charge in [0.05, 0.1) is 6.61 Å². The second kappa shape index (κ2) is 4.08. The Morgan fingerprint density at radius 2 is 2.00 bits per heavy atom. The van der Waals surface area contributed by atoms with Crippen LogP contribution in [0.1, 0.15) is 33.3 Å². The van der Waals surface area contributed by atoms with Crippen molar-refractivity contribution in [2.45, 2.75) is 13.8 Å². The predicted molar refractivity (Wildman–Crippen MR) is 57.8 cm³/mol. The van der Waals surface area contributed by atoms with Crippen molar-refractivity contribution in [2.24, 2.45) is 5.92 Å². The minimum atomic E-state index is -1.34. The fraction of sp³-hybridized carbons (Fsp3) is 0.333. The van der Waals surface area contributed by atoms with Crippen LogP contribution in [0.4, 0.5) is 0 Å².